The Balaban J connectivity index is 2.07. The van der Waals surface area contributed by atoms with Crippen molar-refractivity contribution >= 4 is 9.84 Å². The van der Waals surface area contributed by atoms with Gasteiger partial charge in [0.15, 0.2) is 0 Å². The molecule has 1 aliphatic heterocycles. The molecule has 0 amide bonds. The molecule has 106 valence electrons. The van der Waals surface area contributed by atoms with Crippen LogP contribution in [0.5, 0.6) is 0 Å². The molecule has 1 aliphatic carbocycles. The van der Waals surface area contributed by atoms with Crippen LogP contribution in [-0.4, -0.2) is 43.8 Å². The maximum absolute atomic E-state index is 11.7. The fraction of sp³-hybridized carbons (Fsp3) is 1.00. The van der Waals surface area contributed by atoms with Crippen molar-refractivity contribution in [2.45, 2.75) is 55.8 Å². The van der Waals surface area contributed by atoms with Crippen LogP contribution in [0.25, 0.3) is 0 Å². The van der Waals surface area contributed by atoms with Crippen molar-refractivity contribution in [2.24, 2.45) is 5.92 Å². The highest BCUT2D eigenvalue weighted by Crippen LogP contribution is 2.40. The lowest BCUT2D eigenvalue weighted by Gasteiger charge is -2.40. The minimum absolute atomic E-state index is 0.118. The fourth-order valence-electron chi connectivity index (χ4n) is 3.39. The first kappa shape index (κ1) is 14.3. The molecule has 1 heterocycles. The zero-order chi connectivity index (χ0) is 13.2. The summed E-state index contributed by atoms with van der Waals surface area (Å²) in [5.41, 5.74) is -0.708. The predicted octanol–water partition coefficient (Wildman–Crippen LogP) is 1.52. The van der Waals surface area contributed by atoms with Crippen molar-refractivity contribution in [1.29, 1.82) is 0 Å². The SMILES string of the molecule is CS(=O)(=O)C1CCCC(C2(O)CCCOCC2)C1. The predicted molar refractivity (Wildman–Crippen MR) is 70.2 cm³/mol. The average molecular weight is 276 g/mol. The smallest absolute Gasteiger partial charge is 0.150 e. The molecule has 18 heavy (non-hydrogen) atoms. The number of aliphatic hydroxyl groups is 1. The van der Waals surface area contributed by atoms with Crippen LogP contribution in [0.1, 0.15) is 44.9 Å². The first-order valence-electron chi connectivity index (χ1n) is 6.91. The number of hydrogen-bond donors (Lipinski definition) is 1. The summed E-state index contributed by atoms with van der Waals surface area (Å²) >= 11 is 0. The second-order valence-corrected chi connectivity index (χ2v) is 8.21. The highest BCUT2D eigenvalue weighted by Gasteiger charge is 2.41. The maximum atomic E-state index is 11.7. The molecule has 1 saturated heterocycles. The van der Waals surface area contributed by atoms with E-state index in [4.69, 9.17) is 4.74 Å². The monoisotopic (exact) mass is 276 g/mol. The van der Waals surface area contributed by atoms with E-state index in [1.54, 1.807) is 0 Å². The van der Waals surface area contributed by atoms with Crippen molar-refractivity contribution in [1.82, 2.24) is 0 Å². The number of hydrogen-bond acceptors (Lipinski definition) is 4. The molecule has 2 rings (SSSR count). The average Bonchev–Trinajstić information content (AvgIpc) is 2.54. The Morgan fingerprint density at radius 3 is 2.67 bits per heavy atom. The summed E-state index contributed by atoms with van der Waals surface area (Å²) in [6.07, 6.45) is 6.81. The third-order valence-corrected chi connectivity index (χ3v) is 6.21. The zero-order valence-electron chi connectivity index (χ0n) is 11.1. The number of sulfone groups is 1. The van der Waals surface area contributed by atoms with Gasteiger partial charge < -0.3 is 9.84 Å². The molecule has 4 nitrogen and oxygen atoms in total. The minimum Gasteiger partial charge on any atom is -0.390 e. The van der Waals surface area contributed by atoms with E-state index in [9.17, 15) is 13.5 Å². The Labute approximate surface area is 110 Å². The summed E-state index contributed by atoms with van der Waals surface area (Å²) < 4.78 is 28.8. The van der Waals surface area contributed by atoms with E-state index in [-0.39, 0.29) is 11.2 Å². The first-order valence-corrected chi connectivity index (χ1v) is 8.86. The molecule has 1 N–H and O–H groups in total. The lowest BCUT2D eigenvalue weighted by molar-refractivity contribution is -0.0474. The molecule has 2 fully saturated rings. The largest absolute Gasteiger partial charge is 0.390 e. The normalized spacial score (nSPS) is 39.2. The summed E-state index contributed by atoms with van der Waals surface area (Å²) in [7, 11) is -2.98. The Morgan fingerprint density at radius 2 is 1.94 bits per heavy atom. The van der Waals surface area contributed by atoms with Gasteiger partial charge in [0.1, 0.15) is 9.84 Å². The second kappa shape index (κ2) is 5.47. The van der Waals surface area contributed by atoms with E-state index < -0.39 is 15.4 Å². The maximum Gasteiger partial charge on any atom is 0.150 e. The van der Waals surface area contributed by atoms with Crippen molar-refractivity contribution in [3.63, 3.8) is 0 Å². The minimum atomic E-state index is -2.98. The Hall–Kier alpha value is -0.130. The fourth-order valence-corrected chi connectivity index (χ4v) is 4.56. The van der Waals surface area contributed by atoms with Gasteiger partial charge in [0, 0.05) is 19.5 Å². The molecule has 0 bridgehead atoms. The summed E-state index contributed by atoms with van der Waals surface area (Å²) in [4.78, 5) is 0. The molecular weight excluding hydrogens is 252 g/mol. The Bertz CT molecular complexity index is 368. The quantitative estimate of drug-likeness (QED) is 0.830. The molecule has 0 aromatic carbocycles. The lowest BCUT2D eigenvalue weighted by atomic mass is 9.73. The molecule has 0 radical (unpaired) electrons. The number of ether oxygens (including phenoxy) is 1. The second-order valence-electron chi connectivity index (χ2n) is 5.88. The van der Waals surface area contributed by atoms with Gasteiger partial charge in [-0.2, -0.15) is 0 Å². The van der Waals surface area contributed by atoms with Gasteiger partial charge in [-0.05, 0) is 44.4 Å². The van der Waals surface area contributed by atoms with E-state index in [0.29, 0.717) is 26.1 Å². The van der Waals surface area contributed by atoms with Gasteiger partial charge in [-0.1, -0.05) is 6.42 Å². The van der Waals surface area contributed by atoms with E-state index in [1.807, 2.05) is 0 Å². The highest BCUT2D eigenvalue weighted by molar-refractivity contribution is 7.91. The van der Waals surface area contributed by atoms with E-state index in [0.717, 1.165) is 32.1 Å². The van der Waals surface area contributed by atoms with Gasteiger partial charge in [-0.15, -0.1) is 0 Å². The molecule has 1 saturated carbocycles. The Kier molecular flexibility index (Phi) is 4.34. The molecule has 0 aromatic rings. The number of rotatable bonds is 2. The van der Waals surface area contributed by atoms with Crippen LogP contribution < -0.4 is 0 Å². The van der Waals surface area contributed by atoms with Gasteiger partial charge in [-0.3, -0.25) is 0 Å². The third kappa shape index (κ3) is 3.25. The summed E-state index contributed by atoms with van der Waals surface area (Å²) in [5.74, 6) is 0.118. The molecule has 3 atom stereocenters. The summed E-state index contributed by atoms with van der Waals surface area (Å²) in [5, 5.41) is 10.5. The molecule has 3 unspecified atom stereocenters. The van der Waals surface area contributed by atoms with Gasteiger partial charge in [0.2, 0.25) is 0 Å². The standard InChI is InChI=1S/C13H24O4S/c1-18(15,16)12-5-2-4-11(10-12)13(14)6-3-8-17-9-7-13/h11-12,14H,2-10H2,1H3. The highest BCUT2D eigenvalue weighted by atomic mass is 32.2. The topological polar surface area (TPSA) is 63.6 Å². The van der Waals surface area contributed by atoms with Crippen LogP contribution in [0.2, 0.25) is 0 Å². The first-order chi connectivity index (χ1) is 8.42. The van der Waals surface area contributed by atoms with Crippen molar-refractivity contribution < 1.29 is 18.3 Å². The Morgan fingerprint density at radius 1 is 1.17 bits per heavy atom. The van der Waals surface area contributed by atoms with Crippen LogP contribution in [0.15, 0.2) is 0 Å². The van der Waals surface area contributed by atoms with Crippen LogP contribution >= 0.6 is 0 Å². The molecular formula is C13H24O4S. The van der Waals surface area contributed by atoms with E-state index >= 15 is 0 Å². The van der Waals surface area contributed by atoms with E-state index in [1.165, 1.54) is 6.26 Å². The van der Waals surface area contributed by atoms with Crippen molar-refractivity contribution in [2.75, 3.05) is 19.5 Å². The molecule has 0 aromatic heterocycles. The summed E-state index contributed by atoms with van der Waals surface area (Å²) in [6, 6.07) is 0. The third-order valence-electron chi connectivity index (χ3n) is 4.57. The van der Waals surface area contributed by atoms with Gasteiger partial charge in [-0.25, -0.2) is 8.42 Å². The molecule has 5 heteroatoms. The van der Waals surface area contributed by atoms with Crippen molar-refractivity contribution in [3.8, 4) is 0 Å². The zero-order valence-corrected chi connectivity index (χ0v) is 11.9. The lowest BCUT2D eigenvalue weighted by Crippen LogP contribution is -2.43. The van der Waals surface area contributed by atoms with Crippen LogP contribution in [0.4, 0.5) is 0 Å². The van der Waals surface area contributed by atoms with Crippen LogP contribution in [-0.2, 0) is 14.6 Å². The van der Waals surface area contributed by atoms with Gasteiger partial charge >= 0.3 is 0 Å². The van der Waals surface area contributed by atoms with Gasteiger partial charge in [0.05, 0.1) is 10.9 Å². The molecule has 0 spiro atoms. The summed E-state index contributed by atoms with van der Waals surface area (Å²) in [6.45, 7) is 1.31. The van der Waals surface area contributed by atoms with Gasteiger partial charge in [0.25, 0.3) is 0 Å². The molecule has 2 aliphatic rings. The van der Waals surface area contributed by atoms with Crippen LogP contribution in [0, 0.1) is 5.92 Å². The van der Waals surface area contributed by atoms with E-state index in [2.05, 4.69) is 0 Å². The van der Waals surface area contributed by atoms with Crippen LogP contribution in [0.3, 0.4) is 0 Å². The van der Waals surface area contributed by atoms with Crippen molar-refractivity contribution in [3.05, 3.63) is 0 Å².